The first kappa shape index (κ1) is 24.6. The molecule has 1 atom stereocenters. The summed E-state index contributed by atoms with van der Waals surface area (Å²) in [4.78, 5) is 23.6. The van der Waals surface area contributed by atoms with Gasteiger partial charge >= 0.3 is 6.03 Å². The van der Waals surface area contributed by atoms with Gasteiger partial charge in [0.2, 0.25) is 10.0 Å². The first-order valence-electron chi connectivity index (χ1n) is 9.01. The number of hydrogen-bond donors (Lipinski definition) is 1. The van der Waals surface area contributed by atoms with Crippen molar-refractivity contribution in [2.24, 2.45) is 0 Å². The Morgan fingerprint density at radius 2 is 1.52 bits per heavy atom. The molecule has 5 nitrogen and oxygen atoms in total. The lowest BCUT2D eigenvalue weighted by atomic mass is 10.1. The predicted octanol–water partition coefficient (Wildman–Crippen LogP) is 5.42. The maximum Gasteiger partial charge on any atom is 0.320 e. The van der Waals surface area contributed by atoms with Crippen LogP contribution in [0.25, 0.3) is 0 Å². The average molecular weight is 418 g/mol. The highest BCUT2D eigenvalue weighted by molar-refractivity contribution is 6.68. The van der Waals surface area contributed by atoms with Gasteiger partial charge in [-0.15, -0.1) is 0 Å². The number of carbonyl (C=O) groups excluding carboxylic acids is 2. The Morgan fingerprint density at radius 3 is 1.96 bits per heavy atom. The van der Waals surface area contributed by atoms with Gasteiger partial charge in [0.1, 0.15) is 0 Å². The molecule has 0 radical (unpaired) electrons. The van der Waals surface area contributed by atoms with Gasteiger partial charge in [0, 0.05) is 13.6 Å². The maximum atomic E-state index is 12.0. The van der Waals surface area contributed by atoms with Crippen LogP contribution in [-0.4, -0.2) is 41.0 Å². The van der Waals surface area contributed by atoms with Crippen molar-refractivity contribution >= 4 is 47.3 Å². The largest absolute Gasteiger partial charge is 0.439 e. The first-order valence-corrected chi connectivity index (χ1v) is 10.1. The number of alkyl halides is 3. The lowest BCUT2D eigenvalue weighted by Crippen LogP contribution is -2.50. The van der Waals surface area contributed by atoms with Crippen LogP contribution < -0.4 is 5.32 Å². The summed E-state index contributed by atoms with van der Waals surface area (Å²) in [5, 5.41) is 2.73. The second-order valence-corrected chi connectivity index (χ2v) is 8.52. The highest BCUT2D eigenvalue weighted by atomic mass is 35.6. The highest BCUT2D eigenvalue weighted by Crippen LogP contribution is 2.33. The van der Waals surface area contributed by atoms with Crippen LogP contribution in [0.15, 0.2) is 0 Å². The van der Waals surface area contributed by atoms with Gasteiger partial charge in [-0.05, 0) is 6.42 Å². The summed E-state index contributed by atoms with van der Waals surface area (Å²) in [5.41, 5.74) is 0. The third-order valence-electron chi connectivity index (χ3n) is 3.94. The number of rotatable bonds is 14. The lowest BCUT2D eigenvalue weighted by molar-refractivity contribution is -0.139. The number of halogens is 3. The van der Waals surface area contributed by atoms with E-state index in [9.17, 15) is 9.59 Å². The molecule has 0 fully saturated rings. The van der Waals surface area contributed by atoms with Crippen molar-refractivity contribution in [2.75, 3.05) is 13.6 Å². The highest BCUT2D eigenvalue weighted by Gasteiger charge is 2.39. The Bertz CT molecular complexity index is 366. The van der Waals surface area contributed by atoms with Crippen molar-refractivity contribution in [1.82, 2.24) is 10.2 Å². The van der Waals surface area contributed by atoms with Crippen LogP contribution in [0.1, 0.15) is 71.1 Å². The topological polar surface area (TPSA) is 58.6 Å². The molecule has 0 aromatic rings. The molecule has 0 saturated carbocycles. The van der Waals surface area contributed by atoms with E-state index < -0.39 is 16.1 Å². The number of nitrogens with one attached hydrogen (secondary N) is 1. The smallest absolute Gasteiger partial charge is 0.320 e. The summed E-state index contributed by atoms with van der Waals surface area (Å²) < 4.78 is 2.77. The molecule has 1 unspecified atom stereocenters. The third kappa shape index (κ3) is 12.6. The Balaban J connectivity index is 3.76. The fourth-order valence-electron chi connectivity index (χ4n) is 2.48. The molecule has 0 aliphatic rings. The molecule has 0 bridgehead atoms. The normalized spacial score (nSPS) is 12.5. The summed E-state index contributed by atoms with van der Waals surface area (Å²) in [7, 11) is 1.41. The molecular formula is C17H31Cl3N2O3. The van der Waals surface area contributed by atoms with Gasteiger partial charge in [-0.2, -0.15) is 0 Å². The van der Waals surface area contributed by atoms with Gasteiger partial charge in [0.25, 0.3) is 6.47 Å². The van der Waals surface area contributed by atoms with Crippen LogP contribution in [0, 0.1) is 0 Å². The molecule has 0 heterocycles. The quantitative estimate of drug-likeness (QED) is 0.178. The van der Waals surface area contributed by atoms with Gasteiger partial charge in [0.15, 0.2) is 0 Å². The fraction of sp³-hybridized carbons (Fsp3) is 0.882. The molecule has 2 amide bonds. The molecule has 8 heteroatoms. The summed E-state index contributed by atoms with van der Waals surface area (Å²) in [6.07, 6.45) is 11.0. The van der Waals surface area contributed by atoms with Crippen LogP contribution in [0.4, 0.5) is 4.79 Å². The number of carbonyl (C=O) groups is 2. The van der Waals surface area contributed by atoms with E-state index in [0.29, 0.717) is 6.54 Å². The van der Waals surface area contributed by atoms with Crippen LogP contribution in [0.3, 0.4) is 0 Å². The van der Waals surface area contributed by atoms with E-state index >= 15 is 0 Å². The second-order valence-electron chi connectivity index (χ2n) is 6.15. The molecule has 0 aliphatic carbocycles. The SMILES string of the molecule is CCCCCCCCCCCCNC(=O)N(C)C(OC=O)C(Cl)(Cl)Cl. The van der Waals surface area contributed by atoms with E-state index in [1.165, 1.54) is 58.4 Å². The first-order chi connectivity index (χ1) is 11.8. The summed E-state index contributed by atoms with van der Waals surface area (Å²) in [5.74, 6) is 0. The van der Waals surface area contributed by atoms with E-state index in [2.05, 4.69) is 17.0 Å². The maximum absolute atomic E-state index is 12.0. The zero-order valence-electron chi connectivity index (χ0n) is 15.2. The zero-order chi connectivity index (χ0) is 19.1. The molecule has 0 aliphatic heterocycles. The Labute approximate surface area is 166 Å². The monoisotopic (exact) mass is 416 g/mol. The molecule has 148 valence electrons. The molecular weight excluding hydrogens is 387 g/mol. The summed E-state index contributed by atoms with van der Waals surface area (Å²) in [6.45, 7) is 2.91. The number of ether oxygens (including phenoxy) is 1. The lowest BCUT2D eigenvalue weighted by Gasteiger charge is -2.31. The fourth-order valence-corrected chi connectivity index (χ4v) is 3.07. The molecule has 0 rings (SSSR count). The number of unbranched alkanes of at least 4 members (excludes halogenated alkanes) is 9. The Kier molecular flexibility index (Phi) is 14.5. The van der Waals surface area contributed by atoms with Crippen molar-refractivity contribution in [2.45, 2.75) is 81.2 Å². The molecule has 0 spiro atoms. The second kappa shape index (κ2) is 14.7. The summed E-state index contributed by atoms with van der Waals surface area (Å²) >= 11 is 17.1. The van der Waals surface area contributed by atoms with E-state index in [-0.39, 0.29) is 6.47 Å². The molecule has 0 aromatic carbocycles. The van der Waals surface area contributed by atoms with Gasteiger partial charge in [-0.3, -0.25) is 9.69 Å². The van der Waals surface area contributed by atoms with Crippen LogP contribution in [0.5, 0.6) is 0 Å². The minimum atomic E-state index is -1.91. The van der Waals surface area contributed by atoms with Gasteiger partial charge < -0.3 is 10.1 Å². The number of hydrogen-bond acceptors (Lipinski definition) is 3. The van der Waals surface area contributed by atoms with Crippen molar-refractivity contribution in [3.05, 3.63) is 0 Å². The van der Waals surface area contributed by atoms with E-state index in [1.807, 2.05) is 0 Å². The minimum Gasteiger partial charge on any atom is -0.439 e. The number of amides is 2. The molecule has 1 N–H and O–H groups in total. The predicted molar refractivity (Wildman–Crippen MR) is 104 cm³/mol. The van der Waals surface area contributed by atoms with Crippen LogP contribution in [0.2, 0.25) is 0 Å². The van der Waals surface area contributed by atoms with Crippen molar-refractivity contribution < 1.29 is 14.3 Å². The van der Waals surface area contributed by atoms with Crippen molar-refractivity contribution in [3.8, 4) is 0 Å². The average Bonchev–Trinajstić information content (AvgIpc) is 2.55. The molecule has 0 saturated heterocycles. The minimum absolute atomic E-state index is 0.151. The Hall–Kier alpha value is -0.390. The van der Waals surface area contributed by atoms with E-state index in [4.69, 9.17) is 34.8 Å². The van der Waals surface area contributed by atoms with Crippen LogP contribution >= 0.6 is 34.8 Å². The summed E-state index contributed by atoms with van der Waals surface area (Å²) in [6, 6.07) is -0.450. The van der Waals surface area contributed by atoms with Crippen molar-refractivity contribution in [1.29, 1.82) is 0 Å². The van der Waals surface area contributed by atoms with E-state index in [1.54, 1.807) is 0 Å². The van der Waals surface area contributed by atoms with Crippen LogP contribution in [-0.2, 0) is 9.53 Å². The molecule has 25 heavy (non-hydrogen) atoms. The van der Waals surface area contributed by atoms with Gasteiger partial charge in [-0.25, -0.2) is 4.79 Å². The van der Waals surface area contributed by atoms with Gasteiger partial charge in [0.05, 0.1) is 0 Å². The standard InChI is InChI=1S/C17H31Cl3N2O3/c1-3-4-5-6-7-8-9-10-11-12-13-21-16(24)22(2)15(25-14-23)17(18,19)20/h14-15H,3-13H2,1-2H3,(H,21,24). The van der Waals surface area contributed by atoms with Crippen molar-refractivity contribution in [3.63, 3.8) is 0 Å². The Morgan fingerprint density at radius 1 is 1.04 bits per heavy atom. The molecule has 0 aromatic heterocycles. The van der Waals surface area contributed by atoms with E-state index in [0.717, 1.165) is 17.7 Å². The zero-order valence-corrected chi connectivity index (χ0v) is 17.5. The number of urea groups is 1. The van der Waals surface area contributed by atoms with Gasteiger partial charge in [-0.1, -0.05) is 99.5 Å². The number of nitrogens with zero attached hydrogens (tertiary/aromatic N) is 1. The third-order valence-corrected chi connectivity index (χ3v) is 4.50.